The minimum atomic E-state index is -4.49. The highest BCUT2D eigenvalue weighted by atomic mass is 19.4. The number of carbonyl (C=O) groups is 1. The SMILES string of the molecule is CCOCc1oc(C2=CC=C=C(C(F)(F)F)C=C2)cc1C(=O)OCC. The normalized spacial score (nSPS) is 14.1. The molecule has 0 fully saturated rings. The van der Waals surface area contributed by atoms with Gasteiger partial charge in [-0.2, -0.15) is 13.2 Å². The van der Waals surface area contributed by atoms with Gasteiger partial charge in [-0.25, -0.2) is 4.79 Å². The summed E-state index contributed by atoms with van der Waals surface area (Å²) in [5.41, 5.74) is 1.83. The predicted octanol–water partition coefficient (Wildman–Crippen LogP) is 4.59. The minimum absolute atomic E-state index is 0.0591. The predicted molar refractivity (Wildman–Crippen MR) is 84.8 cm³/mol. The molecule has 0 aromatic carbocycles. The van der Waals surface area contributed by atoms with E-state index in [0.29, 0.717) is 12.2 Å². The first-order chi connectivity index (χ1) is 11.9. The van der Waals surface area contributed by atoms with Crippen molar-refractivity contribution in [2.45, 2.75) is 26.6 Å². The first-order valence-electron chi connectivity index (χ1n) is 7.67. The number of ether oxygens (including phenoxy) is 2. The third-order valence-electron chi connectivity index (χ3n) is 3.26. The van der Waals surface area contributed by atoms with Gasteiger partial charge in [-0.05, 0) is 44.2 Å². The van der Waals surface area contributed by atoms with E-state index in [4.69, 9.17) is 13.9 Å². The Morgan fingerprint density at radius 1 is 1.24 bits per heavy atom. The molecule has 4 nitrogen and oxygen atoms in total. The van der Waals surface area contributed by atoms with Crippen molar-refractivity contribution in [2.24, 2.45) is 0 Å². The van der Waals surface area contributed by atoms with Crippen LogP contribution in [0.3, 0.4) is 0 Å². The maximum atomic E-state index is 12.8. The number of rotatable bonds is 6. The lowest BCUT2D eigenvalue weighted by Gasteiger charge is -2.03. The van der Waals surface area contributed by atoms with E-state index in [1.807, 2.05) is 0 Å². The van der Waals surface area contributed by atoms with Gasteiger partial charge in [-0.15, -0.1) is 5.73 Å². The van der Waals surface area contributed by atoms with Crippen molar-refractivity contribution in [2.75, 3.05) is 13.2 Å². The Bertz CT molecular complexity index is 760. The standard InChI is InChI=1S/C18H17F3O4/c1-3-23-11-16-14(17(22)24-4-2)10-15(25-16)12-6-5-7-13(9-8-12)18(19,20)21/h5-6,8-10H,3-4,11H2,1-2H3. The molecule has 2 rings (SSSR count). The molecule has 1 aromatic rings. The van der Waals surface area contributed by atoms with Crippen molar-refractivity contribution < 1.29 is 31.9 Å². The average molecular weight is 354 g/mol. The van der Waals surface area contributed by atoms with Crippen LogP contribution >= 0.6 is 0 Å². The van der Waals surface area contributed by atoms with Gasteiger partial charge < -0.3 is 13.9 Å². The summed E-state index contributed by atoms with van der Waals surface area (Å²) in [6.45, 7) is 4.13. The molecule has 0 unspecified atom stereocenters. The van der Waals surface area contributed by atoms with Crippen molar-refractivity contribution in [3.05, 3.63) is 58.8 Å². The molecule has 0 N–H and O–H groups in total. The number of halogens is 3. The van der Waals surface area contributed by atoms with Crippen molar-refractivity contribution in [3.63, 3.8) is 0 Å². The Balaban J connectivity index is 2.33. The molecule has 0 amide bonds. The van der Waals surface area contributed by atoms with Crippen LogP contribution in [-0.2, 0) is 16.1 Å². The lowest BCUT2D eigenvalue weighted by atomic mass is 10.1. The average Bonchev–Trinajstić information content (AvgIpc) is 2.80. The summed E-state index contributed by atoms with van der Waals surface area (Å²) in [6, 6.07) is 1.44. The van der Waals surface area contributed by atoms with Gasteiger partial charge in [0.05, 0.1) is 12.2 Å². The van der Waals surface area contributed by atoms with E-state index in [1.165, 1.54) is 18.2 Å². The first kappa shape index (κ1) is 18.8. The van der Waals surface area contributed by atoms with Crippen LogP contribution in [0.1, 0.15) is 35.7 Å². The highest BCUT2D eigenvalue weighted by Crippen LogP contribution is 2.30. The van der Waals surface area contributed by atoms with Gasteiger partial charge in [0, 0.05) is 12.2 Å². The van der Waals surface area contributed by atoms with Gasteiger partial charge in [-0.3, -0.25) is 0 Å². The summed E-state index contributed by atoms with van der Waals surface area (Å²) in [6.07, 6.45) is 0.262. The van der Waals surface area contributed by atoms with Gasteiger partial charge in [0.1, 0.15) is 23.7 Å². The van der Waals surface area contributed by atoms with Gasteiger partial charge in [0.2, 0.25) is 0 Å². The molecule has 134 valence electrons. The van der Waals surface area contributed by atoms with Crippen LogP contribution in [0, 0.1) is 0 Å². The maximum Gasteiger partial charge on any atom is 0.423 e. The molecular weight excluding hydrogens is 337 g/mol. The minimum Gasteiger partial charge on any atom is -0.462 e. The lowest BCUT2D eigenvalue weighted by Crippen LogP contribution is -2.08. The molecule has 0 atom stereocenters. The molecule has 0 saturated heterocycles. The summed E-state index contributed by atoms with van der Waals surface area (Å²) in [7, 11) is 0. The van der Waals surface area contributed by atoms with Crippen LogP contribution in [0.25, 0.3) is 5.57 Å². The van der Waals surface area contributed by atoms with Gasteiger partial charge in [0.15, 0.2) is 0 Å². The summed E-state index contributed by atoms with van der Waals surface area (Å²) in [5.74, 6) is -0.0626. The molecule has 1 aromatic heterocycles. The van der Waals surface area contributed by atoms with Crippen LogP contribution in [0.15, 0.2) is 46.1 Å². The molecular formula is C18H17F3O4. The monoisotopic (exact) mass is 354 g/mol. The largest absolute Gasteiger partial charge is 0.462 e. The van der Waals surface area contributed by atoms with Crippen LogP contribution < -0.4 is 0 Å². The fourth-order valence-corrected chi connectivity index (χ4v) is 2.09. The molecule has 0 aliphatic heterocycles. The molecule has 0 saturated carbocycles. The van der Waals surface area contributed by atoms with Gasteiger partial charge >= 0.3 is 12.1 Å². The van der Waals surface area contributed by atoms with Gasteiger partial charge in [-0.1, -0.05) is 0 Å². The zero-order valence-corrected chi connectivity index (χ0v) is 13.8. The van der Waals surface area contributed by atoms with E-state index in [9.17, 15) is 18.0 Å². The number of esters is 1. The van der Waals surface area contributed by atoms with E-state index < -0.39 is 17.7 Å². The lowest BCUT2D eigenvalue weighted by molar-refractivity contribution is -0.0879. The quantitative estimate of drug-likeness (QED) is 0.554. The second-order valence-corrected chi connectivity index (χ2v) is 4.98. The Kier molecular flexibility index (Phi) is 6.07. The Labute approximate surface area is 142 Å². The summed E-state index contributed by atoms with van der Waals surface area (Å²) in [5, 5.41) is 0. The number of alkyl halides is 3. The number of furan rings is 1. The topological polar surface area (TPSA) is 48.7 Å². The van der Waals surface area contributed by atoms with Crippen molar-refractivity contribution in [1.82, 2.24) is 0 Å². The molecule has 1 aliphatic rings. The molecule has 1 aliphatic carbocycles. The van der Waals surface area contributed by atoms with Crippen molar-refractivity contribution in [3.8, 4) is 0 Å². The number of hydrogen-bond acceptors (Lipinski definition) is 4. The highest BCUT2D eigenvalue weighted by Gasteiger charge is 2.32. The second-order valence-electron chi connectivity index (χ2n) is 4.98. The Morgan fingerprint density at radius 3 is 2.64 bits per heavy atom. The highest BCUT2D eigenvalue weighted by molar-refractivity contribution is 5.92. The molecule has 25 heavy (non-hydrogen) atoms. The zero-order chi connectivity index (χ0) is 18.4. The fourth-order valence-electron chi connectivity index (χ4n) is 2.09. The molecule has 0 radical (unpaired) electrons. The number of hydrogen-bond donors (Lipinski definition) is 0. The van der Waals surface area contributed by atoms with Crippen LogP contribution in [-0.4, -0.2) is 25.4 Å². The summed E-state index contributed by atoms with van der Waals surface area (Å²) >= 11 is 0. The van der Waals surface area contributed by atoms with Crippen LogP contribution in [0.2, 0.25) is 0 Å². The van der Waals surface area contributed by atoms with Crippen molar-refractivity contribution in [1.29, 1.82) is 0 Å². The van der Waals surface area contributed by atoms with E-state index in [2.05, 4.69) is 5.73 Å². The summed E-state index contributed by atoms with van der Waals surface area (Å²) < 4.78 is 54.1. The summed E-state index contributed by atoms with van der Waals surface area (Å²) in [4.78, 5) is 12.0. The number of allylic oxidation sites excluding steroid dienone is 5. The van der Waals surface area contributed by atoms with Crippen LogP contribution in [0.5, 0.6) is 0 Å². The zero-order valence-electron chi connectivity index (χ0n) is 13.8. The van der Waals surface area contributed by atoms with Crippen molar-refractivity contribution >= 4 is 11.5 Å². The number of carbonyl (C=O) groups excluding carboxylic acids is 1. The third kappa shape index (κ3) is 4.75. The van der Waals surface area contributed by atoms with E-state index in [1.54, 1.807) is 13.8 Å². The molecule has 7 heteroatoms. The second kappa shape index (κ2) is 8.05. The van der Waals surface area contributed by atoms with E-state index in [0.717, 1.165) is 12.2 Å². The third-order valence-corrected chi connectivity index (χ3v) is 3.26. The van der Waals surface area contributed by atoms with Gasteiger partial charge in [0.25, 0.3) is 0 Å². The Hall–Kier alpha value is -2.50. The maximum absolute atomic E-state index is 12.8. The Morgan fingerprint density at radius 2 is 2.00 bits per heavy atom. The fraction of sp³-hybridized carbons (Fsp3) is 0.333. The molecule has 1 heterocycles. The molecule has 0 bridgehead atoms. The van der Waals surface area contributed by atoms with Crippen LogP contribution in [0.4, 0.5) is 13.2 Å². The molecule has 0 spiro atoms. The van der Waals surface area contributed by atoms with E-state index in [-0.39, 0.29) is 30.3 Å². The van der Waals surface area contributed by atoms with E-state index >= 15 is 0 Å². The first-order valence-corrected chi connectivity index (χ1v) is 7.67. The smallest absolute Gasteiger partial charge is 0.423 e.